The Morgan fingerprint density at radius 1 is 1.10 bits per heavy atom. The second-order valence-electron chi connectivity index (χ2n) is 9.10. The Balaban J connectivity index is 1.37. The van der Waals surface area contributed by atoms with E-state index < -0.39 is 0 Å². The maximum absolute atomic E-state index is 13.1. The minimum Gasteiger partial charge on any atom is -0.349 e. The van der Waals surface area contributed by atoms with Gasteiger partial charge in [0.05, 0.1) is 5.69 Å². The summed E-state index contributed by atoms with van der Waals surface area (Å²) in [5.41, 5.74) is 2.12. The van der Waals surface area contributed by atoms with E-state index in [1.807, 2.05) is 19.1 Å². The van der Waals surface area contributed by atoms with Crippen molar-refractivity contribution >= 4 is 17.7 Å². The number of benzene rings is 1. The number of nitrogens with zero attached hydrogens (tertiary/aromatic N) is 1. The molecule has 4 fully saturated rings. The number of carbonyl (C=O) groups excluding carboxylic acids is 1. The zero-order valence-corrected chi connectivity index (χ0v) is 17.8. The predicted octanol–water partition coefficient (Wildman–Crippen LogP) is 4.80. The standard InChI is InChI=1S/C24H26N2O2S/c1-15-21(8-5-16-3-6-20(29-2)7-4-16)22(28-26-15)23(27)25-24-12-17-9-18(13-24)11-19(10-17)14-24/h3-4,6-7,17-19H,9-14H2,1-2H3,(H,25,27). The summed E-state index contributed by atoms with van der Waals surface area (Å²) >= 11 is 1.70. The topological polar surface area (TPSA) is 55.1 Å². The second-order valence-corrected chi connectivity index (χ2v) is 9.98. The Hall–Kier alpha value is -2.19. The molecular formula is C24H26N2O2S. The molecule has 150 valence electrons. The van der Waals surface area contributed by atoms with Crippen molar-refractivity contribution in [1.82, 2.24) is 10.5 Å². The van der Waals surface area contributed by atoms with Crippen LogP contribution in [0.2, 0.25) is 0 Å². The molecule has 0 spiro atoms. The number of hydrogen-bond donors (Lipinski definition) is 1. The Bertz CT molecular complexity index is 961. The normalized spacial score (nSPS) is 29.4. The van der Waals surface area contributed by atoms with Crippen molar-refractivity contribution in [2.24, 2.45) is 17.8 Å². The molecule has 0 aliphatic heterocycles. The van der Waals surface area contributed by atoms with Crippen molar-refractivity contribution in [3.8, 4) is 11.8 Å². The van der Waals surface area contributed by atoms with Crippen LogP contribution < -0.4 is 5.32 Å². The van der Waals surface area contributed by atoms with Gasteiger partial charge in [-0.3, -0.25) is 4.79 Å². The first kappa shape index (κ1) is 18.8. The molecule has 4 bridgehead atoms. The zero-order valence-electron chi connectivity index (χ0n) is 17.0. The number of aryl methyl sites for hydroxylation is 1. The van der Waals surface area contributed by atoms with Crippen LogP contribution in [0.4, 0.5) is 0 Å². The first-order valence-corrected chi connectivity index (χ1v) is 11.7. The Morgan fingerprint density at radius 3 is 2.31 bits per heavy atom. The van der Waals surface area contributed by atoms with Gasteiger partial charge < -0.3 is 9.84 Å². The van der Waals surface area contributed by atoms with Crippen LogP contribution in [-0.4, -0.2) is 22.9 Å². The monoisotopic (exact) mass is 406 g/mol. The minimum atomic E-state index is -0.158. The average molecular weight is 407 g/mol. The van der Waals surface area contributed by atoms with Crippen LogP contribution in [0.3, 0.4) is 0 Å². The third-order valence-electron chi connectivity index (χ3n) is 6.91. The third-order valence-corrected chi connectivity index (χ3v) is 7.65. The minimum absolute atomic E-state index is 0.0507. The van der Waals surface area contributed by atoms with Crippen molar-refractivity contribution in [3.05, 3.63) is 46.8 Å². The summed E-state index contributed by atoms with van der Waals surface area (Å²) in [7, 11) is 0. The van der Waals surface area contributed by atoms with Crippen LogP contribution in [0, 0.1) is 36.5 Å². The molecule has 4 nitrogen and oxygen atoms in total. The molecule has 1 amide bonds. The van der Waals surface area contributed by atoms with E-state index in [9.17, 15) is 4.79 Å². The quantitative estimate of drug-likeness (QED) is 0.587. The van der Waals surface area contributed by atoms with E-state index in [4.69, 9.17) is 4.52 Å². The molecule has 4 saturated carbocycles. The van der Waals surface area contributed by atoms with Crippen LogP contribution >= 0.6 is 11.8 Å². The van der Waals surface area contributed by atoms with Crippen LogP contribution in [-0.2, 0) is 0 Å². The van der Waals surface area contributed by atoms with Gasteiger partial charge in [-0.2, -0.15) is 0 Å². The molecule has 5 heteroatoms. The van der Waals surface area contributed by atoms with E-state index in [-0.39, 0.29) is 17.2 Å². The summed E-state index contributed by atoms with van der Waals surface area (Å²) in [5, 5.41) is 7.39. The van der Waals surface area contributed by atoms with E-state index in [0.29, 0.717) is 11.3 Å². The highest BCUT2D eigenvalue weighted by Gasteiger charge is 2.51. The third kappa shape index (κ3) is 3.59. The maximum atomic E-state index is 13.1. The Kier molecular flexibility index (Phi) is 4.70. The number of rotatable bonds is 3. The summed E-state index contributed by atoms with van der Waals surface area (Å²) in [6.45, 7) is 1.84. The SMILES string of the molecule is CSc1ccc(C#Cc2c(C)noc2C(=O)NC23CC4CC(CC(C4)C2)C3)cc1. The van der Waals surface area contributed by atoms with Crippen molar-refractivity contribution in [2.45, 2.75) is 55.9 Å². The zero-order chi connectivity index (χ0) is 20.0. The van der Waals surface area contributed by atoms with Crippen LogP contribution in [0.5, 0.6) is 0 Å². The fraction of sp³-hybridized carbons (Fsp3) is 0.500. The van der Waals surface area contributed by atoms with Gasteiger partial charge in [0.15, 0.2) is 0 Å². The van der Waals surface area contributed by atoms with E-state index in [0.717, 1.165) is 42.6 Å². The lowest BCUT2D eigenvalue weighted by molar-refractivity contribution is -0.0172. The molecule has 1 aromatic carbocycles. The first-order valence-electron chi connectivity index (χ1n) is 10.5. The molecule has 4 aliphatic rings. The molecule has 1 N–H and O–H groups in total. The van der Waals surface area contributed by atoms with E-state index in [1.165, 1.54) is 24.2 Å². The summed E-state index contributed by atoms with van der Waals surface area (Å²) in [4.78, 5) is 14.3. The molecule has 6 rings (SSSR count). The Morgan fingerprint density at radius 2 is 1.72 bits per heavy atom. The number of hydrogen-bond acceptors (Lipinski definition) is 4. The molecule has 0 unspecified atom stereocenters. The number of aromatic nitrogens is 1. The molecular weight excluding hydrogens is 380 g/mol. The van der Waals surface area contributed by atoms with Gasteiger partial charge in [0.25, 0.3) is 5.91 Å². The van der Waals surface area contributed by atoms with Gasteiger partial charge in [-0.1, -0.05) is 17.0 Å². The number of amides is 1. The average Bonchev–Trinajstić information content (AvgIpc) is 3.06. The van der Waals surface area contributed by atoms with Gasteiger partial charge in [0.2, 0.25) is 5.76 Å². The van der Waals surface area contributed by atoms with E-state index in [1.54, 1.807) is 11.8 Å². The van der Waals surface area contributed by atoms with Crippen LogP contribution in [0.25, 0.3) is 0 Å². The second kappa shape index (κ2) is 7.25. The maximum Gasteiger partial charge on any atom is 0.291 e. The highest BCUT2D eigenvalue weighted by molar-refractivity contribution is 7.98. The van der Waals surface area contributed by atoms with Crippen molar-refractivity contribution < 1.29 is 9.32 Å². The summed E-state index contributed by atoms with van der Waals surface area (Å²) in [6.07, 6.45) is 9.44. The molecule has 0 radical (unpaired) electrons. The van der Waals surface area contributed by atoms with Crippen molar-refractivity contribution in [3.63, 3.8) is 0 Å². The van der Waals surface area contributed by atoms with Crippen molar-refractivity contribution in [2.75, 3.05) is 6.26 Å². The van der Waals surface area contributed by atoms with Gasteiger partial charge in [0.1, 0.15) is 5.56 Å². The summed E-state index contributed by atoms with van der Waals surface area (Å²) < 4.78 is 5.43. The molecule has 4 aliphatic carbocycles. The summed E-state index contributed by atoms with van der Waals surface area (Å²) in [5.74, 6) is 8.72. The number of nitrogens with one attached hydrogen (secondary N) is 1. The lowest BCUT2D eigenvalue weighted by Crippen LogP contribution is -2.59. The van der Waals surface area contributed by atoms with Gasteiger partial charge in [-0.05, 0) is 93.7 Å². The molecule has 0 atom stereocenters. The first-order chi connectivity index (χ1) is 14.0. The highest BCUT2D eigenvalue weighted by Crippen LogP contribution is 2.55. The fourth-order valence-electron chi connectivity index (χ4n) is 6.04. The fourth-order valence-corrected chi connectivity index (χ4v) is 6.45. The molecule has 29 heavy (non-hydrogen) atoms. The number of carbonyl (C=O) groups is 1. The summed E-state index contributed by atoms with van der Waals surface area (Å²) in [6, 6.07) is 8.10. The van der Waals surface area contributed by atoms with Gasteiger partial charge >= 0.3 is 0 Å². The smallest absolute Gasteiger partial charge is 0.291 e. The molecule has 0 saturated heterocycles. The Labute approximate surface area is 176 Å². The molecule has 2 aromatic rings. The van der Waals surface area contributed by atoms with Gasteiger partial charge in [0, 0.05) is 16.0 Å². The lowest BCUT2D eigenvalue weighted by atomic mass is 9.53. The number of thioether (sulfide) groups is 1. The lowest BCUT2D eigenvalue weighted by Gasteiger charge is -2.56. The molecule has 1 heterocycles. The van der Waals surface area contributed by atoms with Gasteiger partial charge in [-0.25, -0.2) is 0 Å². The van der Waals surface area contributed by atoms with Crippen LogP contribution in [0.1, 0.15) is 65.9 Å². The van der Waals surface area contributed by atoms with E-state index in [2.05, 4.69) is 40.7 Å². The van der Waals surface area contributed by atoms with Crippen LogP contribution in [0.15, 0.2) is 33.7 Å². The van der Waals surface area contributed by atoms with Crippen molar-refractivity contribution in [1.29, 1.82) is 0 Å². The molecule has 1 aromatic heterocycles. The largest absolute Gasteiger partial charge is 0.349 e. The highest BCUT2D eigenvalue weighted by atomic mass is 32.2. The van der Waals surface area contributed by atoms with Gasteiger partial charge in [-0.15, -0.1) is 11.8 Å². The van der Waals surface area contributed by atoms with E-state index >= 15 is 0 Å². The predicted molar refractivity (Wildman–Crippen MR) is 114 cm³/mol.